The Balaban J connectivity index is 0.000000527. The number of anilines is 1. The SMILES string of the molecule is CC.CC(C)(O)O.N#CC1CCC(n2cnc3c(NCC(F)F)cc(Cl)nc32)C1. The first-order valence-corrected chi connectivity index (χ1v) is 9.85. The Kier molecular flexibility index (Phi) is 9.70. The lowest BCUT2D eigenvalue weighted by atomic mass is 10.1. The first kappa shape index (κ1) is 25.0. The van der Waals surface area contributed by atoms with E-state index in [1.54, 1.807) is 6.33 Å². The monoisotopic (exact) mass is 431 g/mol. The summed E-state index contributed by atoms with van der Waals surface area (Å²) in [5, 5.41) is 28.0. The molecule has 2 aromatic heterocycles. The van der Waals surface area contributed by atoms with Crippen LogP contribution in [0.15, 0.2) is 12.4 Å². The van der Waals surface area contributed by atoms with E-state index in [9.17, 15) is 8.78 Å². The van der Waals surface area contributed by atoms with Crippen LogP contribution in [-0.2, 0) is 0 Å². The summed E-state index contributed by atoms with van der Waals surface area (Å²) < 4.78 is 26.7. The fourth-order valence-electron chi connectivity index (χ4n) is 2.89. The molecule has 0 bridgehead atoms. The molecule has 3 N–H and O–H groups in total. The molecule has 7 nitrogen and oxygen atoms in total. The molecule has 162 valence electrons. The maximum absolute atomic E-state index is 12.4. The van der Waals surface area contributed by atoms with Crippen LogP contribution >= 0.6 is 11.6 Å². The number of hydrogen-bond acceptors (Lipinski definition) is 6. The van der Waals surface area contributed by atoms with Crippen LogP contribution in [0.4, 0.5) is 14.5 Å². The van der Waals surface area contributed by atoms with Gasteiger partial charge >= 0.3 is 0 Å². The van der Waals surface area contributed by atoms with Crippen LogP contribution in [-0.4, -0.2) is 43.5 Å². The van der Waals surface area contributed by atoms with Crippen molar-refractivity contribution in [3.8, 4) is 6.07 Å². The second kappa shape index (κ2) is 11.2. The molecule has 1 fully saturated rings. The zero-order valence-electron chi connectivity index (χ0n) is 17.0. The molecule has 0 radical (unpaired) electrons. The van der Waals surface area contributed by atoms with E-state index < -0.39 is 18.8 Å². The van der Waals surface area contributed by atoms with Crippen LogP contribution < -0.4 is 5.32 Å². The van der Waals surface area contributed by atoms with Crippen LogP contribution in [0.5, 0.6) is 0 Å². The molecule has 2 unspecified atom stereocenters. The predicted octanol–water partition coefficient (Wildman–Crippen LogP) is 4.36. The number of alkyl halides is 2. The van der Waals surface area contributed by atoms with Gasteiger partial charge in [0.05, 0.1) is 24.6 Å². The van der Waals surface area contributed by atoms with Crippen molar-refractivity contribution in [3.63, 3.8) is 0 Å². The van der Waals surface area contributed by atoms with Gasteiger partial charge in [0.1, 0.15) is 10.7 Å². The Labute approximate surface area is 174 Å². The minimum absolute atomic E-state index is 0.0399. The van der Waals surface area contributed by atoms with Gasteiger partial charge in [-0.05, 0) is 33.1 Å². The first-order chi connectivity index (χ1) is 13.6. The molecule has 29 heavy (non-hydrogen) atoms. The minimum atomic E-state index is -2.46. The van der Waals surface area contributed by atoms with E-state index in [2.05, 4.69) is 21.4 Å². The summed E-state index contributed by atoms with van der Waals surface area (Å²) in [7, 11) is 0. The van der Waals surface area contributed by atoms with E-state index in [1.807, 2.05) is 18.4 Å². The Morgan fingerprint density at radius 2 is 2.00 bits per heavy atom. The predicted molar refractivity (Wildman–Crippen MR) is 109 cm³/mol. The summed E-state index contributed by atoms with van der Waals surface area (Å²) in [6, 6.07) is 3.92. The van der Waals surface area contributed by atoms with Crippen LogP contribution in [0.1, 0.15) is 53.0 Å². The lowest BCUT2D eigenvalue weighted by Crippen LogP contribution is -2.15. The average molecular weight is 432 g/mol. The summed E-state index contributed by atoms with van der Waals surface area (Å²) in [5.74, 6) is -1.46. The van der Waals surface area contributed by atoms with Crippen molar-refractivity contribution in [2.24, 2.45) is 5.92 Å². The maximum atomic E-state index is 12.4. The zero-order valence-corrected chi connectivity index (χ0v) is 17.8. The van der Waals surface area contributed by atoms with E-state index in [-0.39, 0.29) is 17.1 Å². The van der Waals surface area contributed by atoms with Crippen molar-refractivity contribution in [3.05, 3.63) is 17.5 Å². The third kappa shape index (κ3) is 8.09. The second-order valence-corrected chi connectivity index (χ2v) is 7.26. The van der Waals surface area contributed by atoms with Gasteiger partial charge in [0.25, 0.3) is 6.43 Å². The number of aromatic nitrogens is 3. The summed E-state index contributed by atoms with van der Waals surface area (Å²) in [5.41, 5.74) is 1.53. The van der Waals surface area contributed by atoms with Crippen molar-refractivity contribution in [1.29, 1.82) is 5.26 Å². The molecule has 1 saturated carbocycles. The number of nitrogens with zero attached hydrogens (tertiary/aromatic N) is 4. The Hall–Kier alpha value is -2.02. The summed E-state index contributed by atoms with van der Waals surface area (Å²) in [6.07, 6.45) is 1.65. The van der Waals surface area contributed by atoms with Gasteiger partial charge in [0.2, 0.25) is 0 Å². The number of imidazole rings is 1. The third-order valence-corrected chi connectivity index (χ3v) is 4.12. The van der Waals surface area contributed by atoms with Gasteiger partial charge in [-0.25, -0.2) is 18.7 Å². The molecule has 10 heteroatoms. The van der Waals surface area contributed by atoms with Gasteiger partial charge in [0.15, 0.2) is 11.4 Å². The molecule has 0 amide bonds. The van der Waals surface area contributed by atoms with Crippen molar-refractivity contribution in [1.82, 2.24) is 14.5 Å². The van der Waals surface area contributed by atoms with Crippen molar-refractivity contribution >= 4 is 28.5 Å². The first-order valence-electron chi connectivity index (χ1n) is 9.48. The van der Waals surface area contributed by atoms with E-state index >= 15 is 0 Å². The van der Waals surface area contributed by atoms with Gasteiger partial charge in [-0.3, -0.25) is 0 Å². The Morgan fingerprint density at radius 3 is 2.52 bits per heavy atom. The van der Waals surface area contributed by atoms with Crippen LogP contribution in [0, 0.1) is 17.2 Å². The largest absolute Gasteiger partial charge is 0.377 e. The molecule has 2 heterocycles. The van der Waals surface area contributed by atoms with Crippen LogP contribution in [0.25, 0.3) is 11.2 Å². The van der Waals surface area contributed by atoms with Gasteiger partial charge in [0, 0.05) is 18.0 Å². The number of nitriles is 1. The highest BCUT2D eigenvalue weighted by atomic mass is 35.5. The van der Waals surface area contributed by atoms with Crippen LogP contribution in [0.2, 0.25) is 5.15 Å². The number of fused-ring (bicyclic) bond motifs is 1. The molecule has 2 aromatic rings. The van der Waals surface area contributed by atoms with E-state index in [4.69, 9.17) is 27.1 Å². The number of hydrogen-bond donors (Lipinski definition) is 3. The van der Waals surface area contributed by atoms with Gasteiger partial charge in [-0.1, -0.05) is 25.4 Å². The number of rotatable bonds is 4. The average Bonchev–Trinajstić information content (AvgIpc) is 3.26. The zero-order chi connectivity index (χ0) is 22.2. The molecule has 1 aliphatic carbocycles. The number of aliphatic hydroxyl groups is 2. The van der Waals surface area contributed by atoms with E-state index in [1.165, 1.54) is 19.9 Å². The summed E-state index contributed by atoms with van der Waals surface area (Å²) >= 11 is 6.00. The highest BCUT2D eigenvalue weighted by Crippen LogP contribution is 2.36. The molecule has 0 saturated heterocycles. The normalized spacial score (nSPS) is 18.5. The van der Waals surface area contributed by atoms with Crippen LogP contribution in [0.3, 0.4) is 0 Å². The Bertz CT molecular complexity index is 811. The van der Waals surface area contributed by atoms with E-state index in [0.29, 0.717) is 16.9 Å². The van der Waals surface area contributed by atoms with Gasteiger partial charge in [-0.2, -0.15) is 5.26 Å². The number of halogens is 3. The molecule has 2 atom stereocenters. The van der Waals surface area contributed by atoms with Crippen molar-refractivity contribution in [2.45, 2.75) is 65.2 Å². The third-order valence-electron chi connectivity index (χ3n) is 3.93. The maximum Gasteiger partial charge on any atom is 0.255 e. The smallest absolute Gasteiger partial charge is 0.255 e. The highest BCUT2D eigenvalue weighted by molar-refractivity contribution is 6.30. The quantitative estimate of drug-likeness (QED) is 0.490. The van der Waals surface area contributed by atoms with E-state index in [0.717, 1.165) is 19.3 Å². The summed E-state index contributed by atoms with van der Waals surface area (Å²) in [4.78, 5) is 8.56. The standard InChI is InChI=1S/C14H14ClF2N5.C3H8O2.C2H6/c15-11-4-10(19-6-12(16)17)13-14(21-11)22(7-20-13)9-2-1-8(3-9)5-18;1-3(2,4)5;1-2/h4,7-9,12H,1-3,6H2,(H,19,21);4-5H,1-2H3;1-2H3. The van der Waals surface area contributed by atoms with Gasteiger partial charge < -0.3 is 20.1 Å². The molecule has 0 aliphatic heterocycles. The topological polar surface area (TPSA) is 107 Å². The lowest BCUT2D eigenvalue weighted by molar-refractivity contribution is -0.127. The molecular formula is C19H28ClF2N5O2. The fourth-order valence-corrected chi connectivity index (χ4v) is 3.08. The van der Waals surface area contributed by atoms with Crippen molar-refractivity contribution in [2.75, 3.05) is 11.9 Å². The van der Waals surface area contributed by atoms with Crippen molar-refractivity contribution < 1.29 is 19.0 Å². The molecule has 1 aliphatic rings. The Morgan fingerprint density at radius 1 is 1.38 bits per heavy atom. The molecule has 3 rings (SSSR count). The summed E-state index contributed by atoms with van der Waals surface area (Å²) in [6.45, 7) is 6.13. The second-order valence-electron chi connectivity index (χ2n) is 6.88. The lowest BCUT2D eigenvalue weighted by Gasteiger charge is -2.12. The van der Waals surface area contributed by atoms with Gasteiger partial charge in [-0.15, -0.1) is 0 Å². The molecular weight excluding hydrogens is 404 g/mol. The minimum Gasteiger partial charge on any atom is -0.377 e. The molecule has 0 aromatic carbocycles. The highest BCUT2D eigenvalue weighted by Gasteiger charge is 2.27. The molecule has 0 spiro atoms. The number of pyridine rings is 1. The number of nitrogens with one attached hydrogen (secondary N) is 1. The fraction of sp³-hybridized carbons (Fsp3) is 0.632.